The summed E-state index contributed by atoms with van der Waals surface area (Å²) in [6.45, 7) is 6.25. The monoisotopic (exact) mass is 446 g/mol. The molecule has 1 aliphatic rings. The molecule has 4 nitrogen and oxygen atoms in total. The molecule has 1 saturated heterocycles. The molecule has 0 saturated carbocycles. The van der Waals surface area contributed by atoms with E-state index in [0.717, 1.165) is 48.2 Å². The Labute approximate surface area is 196 Å². The van der Waals surface area contributed by atoms with Gasteiger partial charge in [-0.2, -0.15) is 0 Å². The number of hydrogen-bond acceptors (Lipinski definition) is 4. The first kappa shape index (κ1) is 22.3. The van der Waals surface area contributed by atoms with Crippen LogP contribution in [0, 0.1) is 0 Å². The zero-order valence-corrected chi connectivity index (χ0v) is 19.6. The largest absolute Gasteiger partial charge is 0.493 e. The fraction of sp³-hybridized carbons (Fsp3) is 0.296. The number of piperazine rings is 1. The van der Waals surface area contributed by atoms with Crippen molar-refractivity contribution in [2.45, 2.75) is 13.0 Å². The second-order valence-corrected chi connectivity index (χ2v) is 8.24. The highest BCUT2D eigenvalue weighted by Gasteiger charge is 2.27. The summed E-state index contributed by atoms with van der Waals surface area (Å²) in [5.41, 5.74) is 3.65. The van der Waals surface area contributed by atoms with Crippen LogP contribution in [0.2, 0.25) is 0 Å². The van der Waals surface area contributed by atoms with Crippen molar-refractivity contribution in [2.75, 3.05) is 39.9 Å². The van der Waals surface area contributed by atoms with Crippen LogP contribution in [-0.2, 0) is 0 Å². The molecule has 1 fully saturated rings. The van der Waals surface area contributed by atoms with Gasteiger partial charge in [0.2, 0.25) is 0 Å². The lowest BCUT2D eigenvalue weighted by molar-refractivity contribution is 0.152. The highest BCUT2D eigenvalue weighted by atomic mass is 32.1. The third kappa shape index (κ3) is 4.95. The maximum absolute atomic E-state index is 5.86. The van der Waals surface area contributed by atoms with Gasteiger partial charge in [-0.15, -0.1) is 0 Å². The van der Waals surface area contributed by atoms with E-state index >= 15 is 0 Å². The minimum Gasteiger partial charge on any atom is -0.493 e. The molecule has 1 heterocycles. The number of methoxy groups -OCH3 is 1. The van der Waals surface area contributed by atoms with E-state index < -0.39 is 0 Å². The van der Waals surface area contributed by atoms with Crippen LogP contribution < -0.4 is 9.47 Å². The van der Waals surface area contributed by atoms with Crippen LogP contribution in [0.25, 0.3) is 0 Å². The molecule has 3 aromatic rings. The van der Waals surface area contributed by atoms with E-state index in [-0.39, 0.29) is 6.04 Å². The molecule has 0 bridgehead atoms. The summed E-state index contributed by atoms with van der Waals surface area (Å²) >= 11 is 5.86. The molecule has 166 valence electrons. The topological polar surface area (TPSA) is 24.9 Å². The Kier molecular flexibility index (Phi) is 7.40. The van der Waals surface area contributed by atoms with Gasteiger partial charge < -0.3 is 14.4 Å². The fourth-order valence-corrected chi connectivity index (χ4v) is 4.64. The van der Waals surface area contributed by atoms with Gasteiger partial charge in [0.15, 0.2) is 11.5 Å². The molecular weight excluding hydrogens is 416 g/mol. The zero-order valence-electron chi connectivity index (χ0n) is 18.7. The molecule has 5 heteroatoms. The van der Waals surface area contributed by atoms with E-state index in [2.05, 4.69) is 70.5 Å². The second-order valence-electron chi connectivity index (χ2n) is 7.85. The molecule has 0 amide bonds. The Morgan fingerprint density at radius 2 is 1.44 bits per heavy atom. The Morgan fingerprint density at radius 1 is 0.844 bits per heavy atom. The Hall–Kier alpha value is -2.89. The normalized spacial score (nSPS) is 14.4. The molecule has 1 aliphatic heterocycles. The molecule has 0 aromatic heterocycles. The van der Waals surface area contributed by atoms with Gasteiger partial charge in [-0.1, -0.05) is 72.9 Å². The maximum atomic E-state index is 5.86. The summed E-state index contributed by atoms with van der Waals surface area (Å²) in [6, 6.07) is 27.7. The quantitative estimate of drug-likeness (QED) is 0.466. The van der Waals surface area contributed by atoms with Crippen LogP contribution in [0.4, 0.5) is 0 Å². The van der Waals surface area contributed by atoms with Gasteiger partial charge in [0.25, 0.3) is 0 Å². The van der Waals surface area contributed by atoms with Crippen molar-refractivity contribution >= 4 is 17.2 Å². The number of nitrogens with zero attached hydrogens (tertiary/aromatic N) is 2. The van der Waals surface area contributed by atoms with Crippen LogP contribution in [-0.4, -0.2) is 54.7 Å². The lowest BCUT2D eigenvalue weighted by atomic mass is 9.96. The molecular formula is C27H30N2O2S. The first-order valence-corrected chi connectivity index (χ1v) is 11.6. The van der Waals surface area contributed by atoms with Crippen molar-refractivity contribution in [1.29, 1.82) is 0 Å². The van der Waals surface area contributed by atoms with E-state index in [1.165, 1.54) is 11.1 Å². The molecule has 0 atom stereocenters. The van der Waals surface area contributed by atoms with Gasteiger partial charge in [-0.05, 0) is 36.2 Å². The first-order valence-electron chi connectivity index (χ1n) is 11.1. The van der Waals surface area contributed by atoms with Gasteiger partial charge in [0.1, 0.15) is 4.99 Å². The first-order chi connectivity index (χ1) is 15.7. The minimum atomic E-state index is 0.249. The number of thiocarbonyl (C=S) groups is 1. The van der Waals surface area contributed by atoms with Gasteiger partial charge in [0.05, 0.1) is 19.8 Å². The number of benzene rings is 3. The summed E-state index contributed by atoms with van der Waals surface area (Å²) in [6.07, 6.45) is 0. The van der Waals surface area contributed by atoms with Gasteiger partial charge >= 0.3 is 0 Å². The van der Waals surface area contributed by atoms with E-state index in [1.54, 1.807) is 7.11 Å². The SMILES string of the molecule is CCOc1ccc(C(=S)N2CCN(C(c3ccccc3)c3ccccc3)CC2)cc1OC. The van der Waals surface area contributed by atoms with Crippen LogP contribution in [0.3, 0.4) is 0 Å². The Balaban J connectivity index is 1.48. The Morgan fingerprint density at radius 3 is 1.97 bits per heavy atom. The maximum Gasteiger partial charge on any atom is 0.161 e. The van der Waals surface area contributed by atoms with Crippen molar-refractivity contribution in [3.63, 3.8) is 0 Å². The van der Waals surface area contributed by atoms with Gasteiger partial charge in [-0.3, -0.25) is 4.90 Å². The van der Waals surface area contributed by atoms with Gasteiger partial charge in [-0.25, -0.2) is 0 Å². The molecule has 32 heavy (non-hydrogen) atoms. The van der Waals surface area contributed by atoms with Gasteiger partial charge in [0, 0.05) is 31.7 Å². The molecule has 3 aromatic carbocycles. The summed E-state index contributed by atoms with van der Waals surface area (Å²) in [5.74, 6) is 1.47. The van der Waals surface area contributed by atoms with Crippen molar-refractivity contribution in [2.24, 2.45) is 0 Å². The van der Waals surface area contributed by atoms with Crippen LogP contribution >= 0.6 is 12.2 Å². The second kappa shape index (κ2) is 10.6. The molecule has 0 unspecified atom stereocenters. The standard InChI is InChI=1S/C27H30N2O2S/c1-3-31-24-15-14-23(20-25(24)30-2)27(32)29-18-16-28(17-19-29)26(21-10-6-4-7-11-21)22-12-8-5-9-13-22/h4-15,20,26H,3,16-19H2,1-2H3. The van der Waals surface area contributed by atoms with Crippen molar-refractivity contribution in [3.8, 4) is 11.5 Å². The predicted molar refractivity (Wildman–Crippen MR) is 134 cm³/mol. The zero-order chi connectivity index (χ0) is 22.3. The van der Waals surface area contributed by atoms with E-state index in [9.17, 15) is 0 Å². The molecule has 0 aliphatic carbocycles. The van der Waals surface area contributed by atoms with Crippen molar-refractivity contribution < 1.29 is 9.47 Å². The summed E-state index contributed by atoms with van der Waals surface area (Å²) < 4.78 is 11.2. The lowest BCUT2D eigenvalue weighted by Gasteiger charge is -2.40. The minimum absolute atomic E-state index is 0.249. The van der Waals surface area contributed by atoms with E-state index in [4.69, 9.17) is 21.7 Å². The van der Waals surface area contributed by atoms with E-state index in [1.807, 2.05) is 25.1 Å². The average Bonchev–Trinajstić information content (AvgIpc) is 2.86. The summed E-state index contributed by atoms with van der Waals surface area (Å²) in [5, 5.41) is 0. The molecule has 0 radical (unpaired) electrons. The molecule has 0 N–H and O–H groups in total. The third-order valence-corrected chi connectivity index (χ3v) is 6.40. The lowest BCUT2D eigenvalue weighted by Crippen LogP contribution is -2.49. The predicted octanol–water partition coefficient (Wildman–Crippen LogP) is 5.18. The van der Waals surface area contributed by atoms with Crippen LogP contribution in [0.5, 0.6) is 11.5 Å². The highest BCUT2D eigenvalue weighted by Crippen LogP contribution is 2.31. The molecule has 0 spiro atoms. The van der Waals surface area contributed by atoms with Crippen LogP contribution in [0.1, 0.15) is 29.7 Å². The third-order valence-electron chi connectivity index (χ3n) is 5.91. The van der Waals surface area contributed by atoms with E-state index in [0.29, 0.717) is 6.61 Å². The Bertz CT molecular complexity index is 979. The van der Waals surface area contributed by atoms with Crippen LogP contribution in [0.15, 0.2) is 78.9 Å². The summed E-state index contributed by atoms with van der Waals surface area (Å²) in [7, 11) is 1.66. The average molecular weight is 447 g/mol. The fourth-order valence-electron chi connectivity index (χ4n) is 4.33. The highest BCUT2D eigenvalue weighted by molar-refractivity contribution is 7.80. The number of ether oxygens (including phenoxy) is 2. The van der Waals surface area contributed by atoms with Crippen molar-refractivity contribution in [3.05, 3.63) is 95.6 Å². The summed E-state index contributed by atoms with van der Waals surface area (Å²) in [4.78, 5) is 5.72. The van der Waals surface area contributed by atoms with Crippen molar-refractivity contribution in [1.82, 2.24) is 9.80 Å². The smallest absolute Gasteiger partial charge is 0.161 e. The molecule has 4 rings (SSSR count). The number of hydrogen-bond donors (Lipinski definition) is 0. The number of rotatable bonds is 7.